The maximum atomic E-state index is 13.7. The van der Waals surface area contributed by atoms with Crippen molar-refractivity contribution in [2.24, 2.45) is 23.2 Å². The highest BCUT2D eigenvalue weighted by Gasteiger charge is 2.56. The second-order valence-corrected chi connectivity index (χ2v) is 10.1. The van der Waals surface area contributed by atoms with E-state index in [1.165, 1.54) is 30.4 Å². The van der Waals surface area contributed by atoms with Gasteiger partial charge in [0.25, 0.3) is 0 Å². The normalized spacial score (nSPS) is 36.0. The Hall–Kier alpha value is -1.84. The molecule has 4 heteroatoms. The molecule has 5 fully saturated rings. The first-order chi connectivity index (χ1) is 13.4. The van der Waals surface area contributed by atoms with Crippen molar-refractivity contribution in [1.29, 1.82) is 0 Å². The quantitative estimate of drug-likeness (QED) is 0.842. The molecule has 150 valence electrons. The average molecular weight is 381 g/mol. The van der Waals surface area contributed by atoms with E-state index in [1.54, 1.807) is 0 Å². The maximum Gasteiger partial charge on any atom is 0.247 e. The van der Waals surface area contributed by atoms with Gasteiger partial charge in [-0.1, -0.05) is 6.07 Å². The largest absolute Gasteiger partial charge is 0.330 e. The number of nitrogens with one attached hydrogen (secondary N) is 1. The number of likely N-dealkylation sites (tertiary alicyclic amines) is 1. The van der Waals surface area contributed by atoms with Crippen LogP contribution in [0.3, 0.4) is 0 Å². The summed E-state index contributed by atoms with van der Waals surface area (Å²) in [5.41, 5.74) is 3.07. The number of hydrogen-bond acceptors (Lipinski definition) is 2. The van der Waals surface area contributed by atoms with Gasteiger partial charge in [0, 0.05) is 12.2 Å². The molecule has 1 heterocycles. The molecular weight excluding hydrogens is 348 g/mol. The van der Waals surface area contributed by atoms with Gasteiger partial charge < -0.3 is 10.2 Å². The van der Waals surface area contributed by atoms with E-state index < -0.39 is 0 Å². The lowest BCUT2D eigenvalue weighted by Gasteiger charge is -2.56. The third-order valence-electron chi connectivity index (χ3n) is 8.08. The Bertz CT molecular complexity index is 780. The Kier molecular flexibility index (Phi) is 4.29. The predicted molar refractivity (Wildman–Crippen MR) is 110 cm³/mol. The second kappa shape index (κ2) is 6.60. The number of amides is 2. The topological polar surface area (TPSA) is 49.4 Å². The molecule has 4 bridgehead atoms. The Morgan fingerprint density at radius 3 is 2.25 bits per heavy atom. The molecule has 0 radical (unpaired) electrons. The molecule has 1 N–H and O–H groups in total. The Labute approximate surface area is 168 Å². The molecule has 2 amide bonds. The minimum absolute atomic E-state index is 0.0150. The zero-order valence-corrected chi connectivity index (χ0v) is 17.2. The summed E-state index contributed by atoms with van der Waals surface area (Å²) in [6, 6.07) is 5.72. The average Bonchev–Trinajstić information content (AvgIpc) is 3.13. The van der Waals surface area contributed by atoms with Crippen molar-refractivity contribution in [2.45, 2.75) is 71.3 Å². The summed E-state index contributed by atoms with van der Waals surface area (Å²) < 4.78 is 0. The number of nitrogens with zero attached hydrogens (tertiary/aromatic N) is 1. The Morgan fingerprint density at radius 1 is 1.00 bits per heavy atom. The first-order valence-electron chi connectivity index (χ1n) is 11.1. The van der Waals surface area contributed by atoms with Crippen molar-refractivity contribution in [1.82, 2.24) is 4.90 Å². The van der Waals surface area contributed by atoms with Gasteiger partial charge in [-0.3, -0.25) is 9.59 Å². The van der Waals surface area contributed by atoms with Gasteiger partial charge in [-0.25, -0.2) is 0 Å². The smallest absolute Gasteiger partial charge is 0.247 e. The fourth-order valence-corrected chi connectivity index (χ4v) is 7.00. The summed E-state index contributed by atoms with van der Waals surface area (Å²) in [6.07, 6.45) is 8.94. The van der Waals surface area contributed by atoms with Crippen molar-refractivity contribution in [3.8, 4) is 0 Å². The summed E-state index contributed by atoms with van der Waals surface area (Å²) in [5, 5.41) is 3.08. The molecule has 1 saturated heterocycles. The maximum absolute atomic E-state index is 13.7. The summed E-state index contributed by atoms with van der Waals surface area (Å²) in [6.45, 7) is 4.87. The van der Waals surface area contributed by atoms with E-state index in [4.69, 9.17) is 0 Å². The summed E-state index contributed by atoms with van der Waals surface area (Å²) in [5.74, 6) is 2.53. The molecular formula is C24H32N2O2. The van der Waals surface area contributed by atoms with Crippen molar-refractivity contribution >= 4 is 17.5 Å². The van der Waals surface area contributed by atoms with Gasteiger partial charge >= 0.3 is 0 Å². The molecule has 0 aromatic heterocycles. The van der Waals surface area contributed by atoms with Crippen LogP contribution in [0.1, 0.15) is 62.5 Å². The van der Waals surface area contributed by atoms with E-state index in [2.05, 4.69) is 19.2 Å². The molecule has 6 rings (SSSR count). The minimum Gasteiger partial charge on any atom is -0.330 e. The van der Waals surface area contributed by atoms with Crippen LogP contribution in [-0.4, -0.2) is 29.3 Å². The fourth-order valence-electron chi connectivity index (χ4n) is 7.00. The highest BCUT2D eigenvalue weighted by atomic mass is 16.2. The van der Waals surface area contributed by atoms with Crippen LogP contribution in [0.5, 0.6) is 0 Å². The van der Waals surface area contributed by atoms with Crippen LogP contribution in [0.25, 0.3) is 0 Å². The Balaban J connectivity index is 1.33. The Morgan fingerprint density at radius 2 is 1.64 bits per heavy atom. The number of rotatable bonds is 3. The molecule has 1 aromatic carbocycles. The lowest BCUT2D eigenvalue weighted by molar-refractivity contribution is -0.160. The first-order valence-corrected chi connectivity index (χ1v) is 11.1. The molecule has 4 saturated carbocycles. The van der Waals surface area contributed by atoms with E-state index in [-0.39, 0.29) is 17.4 Å². The number of aryl methyl sites for hydroxylation is 2. The molecule has 1 aromatic rings. The monoisotopic (exact) mass is 380 g/mol. The van der Waals surface area contributed by atoms with Crippen LogP contribution >= 0.6 is 0 Å². The van der Waals surface area contributed by atoms with E-state index >= 15 is 0 Å². The van der Waals surface area contributed by atoms with Crippen LogP contribution < -0.4 is 5.32 Å². The third kappa shape index (κ3) is 2.96. The lowest BCUT2D eigenvalue weighted by Crippen LogP contribution is -2.56. The van der Waals surface area contributed by atoms with Crippen molar-refractivity contribution in [3.05, 3.63) is 29.3 Å². The zero-order chi connectivity index (χ0) is 19.5. The van der Waals surface area contributed by atoms with E-state index in [0.717, 1.165) is 62.1 Å². The molecule has 1 atom stereocenters. The third-order valence-corrected chi connectivity index (χ3v) is 8.08. The molecule has 0 unspecified atom stereocenters. The predicted octanol–water partition coefficient (Wildman–Crippen LogP) is 4.45. The van der Waals surface area contributed by atoms with Crippen molar-refractivity contribution in [3.63, 3.8) is 0 Å². The standard InChI is InChI=1S/C24H32N2O2/c1-15-5-6-20(8-16(15)2)25-22(27)21-4-3-7-26(21)23(28)24-12-17-9-18(13-24)11-19(10-17)14-24/h5-6,8,17-19,21H,3-4,7,9-14H2,1-2H3,(H,25,27)/t17?,18?,19?,21-,24?/m1/s1. The molecule has 1 aliphatic heterocycles. The van der Waals surface area contributed by atoms with Crippen LogP contribution in [0.2, 0.25) is 0 Å². The number of benzene rings is 1. The number of anilines is 1. The van der Waals surface area contributed by atoms with Gasteiger partial charge in [-0.15, -0.1) is 0 Å². The first kappa shape index (κ1) is 18.2. The van der Waals surface area contributed by atoms with Gasteiger partial charge in [0.1, 0.15) is 6.04 Å². The van der Waals surface area contributed by atoms with E-state index in [1.807, 2.05) is 23.1 Å². The summed E-state index contributed by atoms with van der Waals surface area (Å²) in [4.78, 5) is 28.7. The number of carbonyl (C=O) groups excluding carboxylic acids is 2. The van der Waals surface area contributed by atoms with Gasteiger partial charge in [0.05, 0.1) is 5.41 Å². The second-order valence-electron chi connectivity index (χ2n) is 10.1. The van der Waals surface area contributed by atoms with Crippen LogP contribution in [0, 0.1) is 37.0 Å². The molecule has 5 aliphatic rings. The minimum atomic E-state index is -0.304. The zero-order valence-electron chi connectivity index (χ0n) is 17.2. The van der Waals surface area contributed by atoms with Crippen LogP contribution in [0.4, 0.5) is 5.69 Å². The van der Waals surface area contributed by atoms with Gasteiger partial charge in [0.2, 0.25) is 11.8 Å². The SMILES string of the molecule is Cc1ccc(NC(=O)[C@H]2CCCN2C(=O)C23CC4CC(CC(C4)C2)C3)cc1C. The van der Waals surface area contributed by atoms with E-state index in [9.17, 15) is 9.59 Å². The van der Waals surface area contributed by atoms with E-state index in [0.29, 0.717) is 5.91 Å². The fraction of sp³-hybridized carbons (Fsp3) is 0.667. The lowest BCUT2D eigenvalue weighted by atomic mass is 9.49. The van der Waals surface area contributed by atoms with Crippen LogP contribution in [-0.2, 0) is 9.59 Å². The van der Waals surface area contributed by atoms with Crippen molar-refractivity contribution in [2.75, 3.05) is 11.9 Å². The highest BCUT2D eigenvalue weighted by molar-refractivity contribution is 5.98. The number of carbonyl (C=O) groups is 2. The highest BCUT2D eigenvalue weighted by Crippen LogP contribution is 2.60. The summed E-state index contributed by atoms with van der Waals surface area (Å²) >= 11 is 0. The van der Waals surface area contributed by atoms with Gasteiger partial charge in [0.15, 0.2) is 0 Å². The van der Waals surface area contributed by atoms with Crippen LogP contribution in [0.15, 0.2) is 18.2 Å². The molecule has 28 heavy (non-hydrogen) atoms. The van der Waals surface area contributed by atoms with Gasteiger partial charge in [-0.2, -0.15) is 0 Å². The van der Waals surface area contributed by atoms with Gasteiger partial charge in [-0.05, 0) is 106 Å². The molecule has 0 spiro atoms. The summed E-state index contributed by atoms with van der Waals surface area (Å²) in [7, 11) is 0. The molecule has 4 aliphatic carbocycles. The molecule has 4 nitrogen and oxygen atoms in total. The number of hydrogen-bond donors (Lipinski definition) is 1. The van der Waals surface area contributed by atoms with Crippen molar-refractivity contribution < 1.29 is 9.59 Å².